The second kappa shape index (κ2) is 8.19. The Morgan fingerprint density at radius 3 is 2.15 bits per heavy atom. The van der Waals surface area contributed by atoms with E-state index in [0.717, 1.165) is 22.7 Å². The molecule has 0 aliphatic heterocycles. The Hall–Kier alpha value is -2.59. The van der Waals surface area contributed by atoms with Crippen molar-refractivity contribution in [1.29, 1.82) is 0 Å². The Morgan fingerprint density at radius 1 is 1.04 bits per heavy atom. The highest BCUT2D eigenvalue weighted by Gasteiger charge is 2.26. The van der Waals surface area contributed by atoms with Gasteiger partial charge in [-0.2, -0.15) is 0 Å². The van der Waals surface area contributed by atoms with Crippen LogP contribution in [0.5, 0.6) is 0 Å². The number of thiocarbonyl (C=S) groups is 1. The fourth-order valence-electron chi connectivity index (χ4n) is 2.25. The van der Waals surface area contributed by atoms with Crippen LogP contribution in [0.3, 0.4) is 0 Å². The third kappa shape index (κ3) is 4.33. The van der Waals surface area contributed by atoms with Crippen molar-refractivity contribution in [3.8, 4) is 0 Å². The van der Waals surface area contributed by atoms with E-state index in [1.165, 1.54) is 14.2 Å². The third-order valence-electron chi connectivity index (χ3n) is 3.34. The number of esters is 2. The molecule has 2 N–H and O–H groups in total. The SMILES string of the molecule is COC(=O)c1sc(NC(=S)Nc2nc(C)cc(C)n2)c(C(=O)OC)c1C. The lowest BCUT2D eigenvalue weighted by Gasteiger charge is -2.10. The molecule has 10 heteroatoms. The molecule has 26 heavy (non-hydrogen) atoms. The average molecular weight is 394 g/mol. The second-order valence-corrected chi connectivity index (χ2v) is 6.73. The van der Waals surface area contributed by atoms with Crippen LogP contribution < -0.4 is 10.6 Å². The van der Waals surface area contributed by atoms with Crippen LogP contribution in [0.4, 0.5) is 10.9 Å². The fourth-order valence-corrected chi connectivity index (χ4v) is 3.63. The van der Waals surface area contributed by atoms with Gasteiger partial charge in [-0.15, -0.1) is 11.3 Å². The van der Waals surface area contributed by atoms with E-state index in [1.54, 1.807) is 6.92 Å². The minimum Gasteiger partial charge on any atom is -0.465 e. The van der Waals surface area contributed by atoms with Gasteiger partial charge in [0, 0.05) is 11.4 Å². The van der Waals surface area contributed by atoms with Crippen LogP contribution in [0.1, 0.15) is 37.0 Å². The monoisotopic (exact) mass is 394 g/mol. The summed E-state index contributed by atoms with van der Waals surface area (Å²) in [6.45, 7) is 5.33. The lowest BCUT2D eigenvalue weighted by atomic mass is 10.1. The maximum absolute atomic E-state index is 12.1. The van der Waals surface area contributed by atoms with E-state index in [4.69, 9.17) is 21.7 Å². The highest BCUT2D eigenvalue weighted by molar-refractivity contribution is 7.80. The van der Waals surface area contributed by atoms with Crippen molar-refractivity contribution in [3.63, 3.8) is 0 Å². The number of nitrogens with zero attached hydrogens (tertiary/aromatic N) is 2. The van der Waals surface area contributed by atoms with Gasteiger partial charge in [-0.05, 0) is 44.6 Å². The Balaban J connectivity index is 2.31. The topological polar surface area (TPSA) is 102 Å². The number of nitrogens with one attached hydrogen (secondary N) is 2. The summed E-state index contributed by atoms with van der Waals surface area (Å²) in [4.78, 5) is 32.8. The van der Waals surface area contributed by atoms with Crippen LogP contribution in [0.15, 0.2) is 6.07 Å². The van der Waals surface area contributed by atoms with E-state index < -0.39 is 11.9 Å². The Labute approximate surface area is 159 Å². The van der Waals surface area contributed by atoms with Crippen LogP contribution in [0, 0.1) is 20.8 Å². The van der Waals surface area contributed by atoms with E-state index in [2.05, 4.69) is 20.6 Å². The Bertz CT molecular complexity index is 859. The van der Waals surface area contributed by atoms with Crippen LogP contribution in [0.25, 0.3) is 0 Å². The van der Waals surface area contributed by atoms with Gasteiger partial charge >= 0.3 is 11.9 Å². The first-order valence-electron chi connectivity index (χ1n) is 7.47. The van der Waals surface area contributed by atoms with Crippen molar-refractivity contribution < 1.29 is 19.1 Å². The summed E-state index contributed by atoms with van der Waals surface area (Å²) in [5.41, 5.74) is 2.26. The zero-order chi connectivity index (χ0) is 19.4. The molecule has 2 rings (SSSR count). The Morgan fingerprint density at radius 2 is 1.62 bits per heavy atom. The first-order valence-corrected chi connectivity index (χ1v) is 8.69. The molecular weight excluding hydrogens is 376 g/mol. The number of aromatic nitrogens is 2. The van der Waals surface area contributed by atoms with E-state index in [1.807, 2.05) is 19.9 Å². The molecule has 0 atom stereocenters. The van der Waals surface area contributed by atoms with Gasteiger partial charge in [-0.1, -0.05) is 0 Å². The summed E-state index contributed by atoms with van der Waals surface area (Å²) < 4.78 is 9.55. The maximum Gasteiger partial charge on any atom is 0.348 e. The summed E-state index contributed by atoms with van der Waals surface area (Å²) in [5, 5.41) is 6.32. The number of hydrogen-bond donors (Lipinski definition) is 2. The van der Waals surface area contributed by atoms with E-state index in [9.17, 15) is 9.59 Å². The predicted octanol–water partition coefficient (Wildman–Crippen LogP) is 2.85. The summed E-state index contributed by atoms with van der Waals surface area (Å²) in [6.07, 6.45) is 0. The van der Waals surface area contributed by atoms with E-state index in [0.29, 0.717) is 21.4 Å². The van der Waals surface area contributed by atoms with Gasteiger partial charge in [0.25, 0.3) is 0 Å². The zero-order valence-corrected chi connectivity index (χ0v) is 16.6. The maximum atomic E-state index is 12.1. The standard InChI is InChI=1S/C16H18N4O4S2/c1-7-6-8(2)18-15(17-7)20-16(25)19-12-10(13(21)23-4)9(3)11(26-12)14(22)24-5/h6H,1-5H3,(H2,17,18,19,20,25). The third-order valence-corrected chi connectivity index (χ3v) is 4.73. The molecule has 0 spiro atoms. The number of hydrogen-bond acceptors (Lipinski definition) is 8. The quantitative estimate of drug-likeness (QED) is 0.598. The number of methoxy groups -OCH3 is 2. The lowest BCUT2D eigenvalue weighted by molar-refractivity contribution is 0.0601. The van der Waals surface area contributed by atoms with Crippen molar-refractivity contribution in [2.24, 2.45) is 0 Å². The molecule has 0 amide bonds. The van der Waals surface area contributed by atoms with Crippen LogP contribution in [-0.2, 0) is 9.47 Å². The number of anilines is 2. The summed E-state index contributed by atoms with van der Waals surface area (Å²) in [5.74, 6) is -0.787. The summed E-state index contributed by atoms with van der Waals surface area (Å²) >= 11 is 6.32. The molecule has 2 aromatic heterocycles. The van der Waals surface area contributed by atoms with Gasteiger partial charge in [-0.25, -0.2) is 19.6 Å². The normalized spacial score (nSPS) is 10.2. The van der Waals surface area contributed by atoms with Crippen molar-refractivity contribution in [2.75, 3.05) is 24.9 Å². The second-order valence-electron chi connectivity index (χ2n) is 5.30. The number of ether oxygens (including phenoxy) is 2. The fraction of sp³-hybridized carbons (Fsp3) is 0.312. The predicted molar refractivity (Wildman–Crippen MR) is 103 cm³/mol. The molecule has 0 aromatic carbocycles. The molecule has 0 unspecified atom stereocenters. The van der Waals surface area contributed by atoms with E-state index >= 15 is 0 Å². The molecule has 0 radical (unpaired) electrons. The minimum absolute atomic E-state index is 0.179. The molecule has 0 aliphatic rings. The summed E-state index contributed by atoms with van der Waals surface area (Å²) in [7, 11) is 2.54. The molecule has 0 saturated heterocycles. The average Bonchev–Trinajstić information content (AvgIpc) is 2.88. The highest BCUT2D eigenvalue weighted by Crippen LogP contribution is 2.34. The number of carbonyl (C=O) groups excluding carboxylic acids is 2. The molecule has 0 bridgehead atoms. The zero-order valence-electron chi connectivity index (χ0n) is 14.9. The largest absolute Gasteiger partial charge is 0.465 e. The van der Waals surface area contributed by atoms with Crippen molar-refractivity contribution in [1.82, 2.24) is 9.97 Å². The smallest absolute Gasteiger partial charge is 0.348 e. The van der Waals surface area contributed by atoms with Crippen molar-refractivity contribution >= 4 is 51.6 Å². The number of rotatable bonds is 4. The van der Waals surface area contributed by atoms with Crippen LogP contribution in [0.2, 0.25) is 0 Å². The van der Waals surface area contributed by atoms with Crippen LogP contribution in [-0.4, -0.2) is 41.2 Å². The molecule has 8 nitrogen and oxygen atoms in total. The first kappa shape index (κ1) is 19.7. The number of aryl methyl sites for hydroxylation is 2. The number of thiophene rings is 1. The Kier molecular flexibility index (Phi) is 6.22. The number of carbonyl (C=O) groups is 2. The molecule has 2 aromatic rings. The molecule has 138 valence electrons. The molecule has 0 fully saturated rings. The van der Waals surface area contributed by atoms with Gasteiger partial charge in [0.2, 0.25) is 5.95 Å². The molecule has 2 heterocycles. The van der Waals surface area contributed by atoms with Gasteiger partial charge in [-0.3, -0.25) is 0 Å². The van der Waals surface area contributed by atoms with Gasteiger partial charge in [0.15, 0.2) is 5.11 Å². The van der Waals surface area contributed by atoms with Gasteiger partial charge in [0.1, 0.15) is 9.88 Å². The molecular formula is C16H18N4O4S2. The lowest BCUT2D eigenvalue weighted by Crippen LogP contribution is -2.21. The van der Waals surface area contributed by atoms with Crippen molar-refractivity contribution in [2.45, 2.75) is 20.8 Å². The molecule has 0 aliphatic carbocycles. The molecule has 0 saturated carbocycles. The highest BCUT2D eigenvalue weighted by atomic mass is 32.1. The first-order chi connectivity index (χ1) is 12.3. The minimum atomic E-state index is -0.582. The van der Waals surface area contributed by atoms with E-state index in [-0.39, 0.29) is 10.7 Å². The summed E-state index contributed by atoms with van der Waals surface area (Å²) in [6, 6.07) is 1.84. The van der Waals surface area contributed by atoms with Crippen molar-refractivity contribution in [3.05, 3.63) is 33.5 Å². The van der Waals surface area contributed by atoms with Crippen LogP contribution >= 0.6 is 23.6 Å². The van der Waals surface area contributed by atoms with Gasteiger partial charge < -0.3 is 20.1 Å². The van der Waals surface area contributed by atoms with Gasteiger partial charge in [0.05, 0.1) is 19.8 Å².